The van der Waals surface area contributed by atoms with Crippen LogP contribution in [0.4, 0.5) is 4.79 Å². The molecule has 1 unspecified atom stereocenters. The molecule has 6 nitrogen and oxygen atoms in total. The van der Waals surface area contributed by atoms with E-state index in [1.807, 2.05) is 0 Å². The van der Waals surface area contributed by atoms with Gasteiger partial charge in [0, 0.05) is 5.57 Å². The lowest BCUT2D eigenvalue weighted by Gasteiger charge is -2.39. The zero-order chi connectivity index (χ0) is 16.4. The number of hydrogen-bond donors (Lipinski definition) is 2. The molecule has 2 N–H and O–H groups in total. The Balaban J connectivity index is 2.89. The predicted octanol–water partition coefficient (Wildman–Crippen LogP) is 1.86. The Labute approximate surface area is 126 Å². The van der Waals surface area contributed by atoms with Crippen molar-refractivity contribution in [2.24, 2.45) is 0 Å². The average molecular weight is 315 g/mol. The quantitative estimate of drug-likeness (QED) is 0.773. The van der Waals surface area contributed by atoms with Crippen LogP contribution in [0.15, 0.2) is 11.6 Å². The third-order valence-corrected chi connectivity index (χ3v) is 8.80. The Morgan fingerprint density at radius 3 is 2.48 bits per heavy atom. The highest BCUT2D eigenvalue weighted by atomic mass is 28.4. The van der Waals surface area contributed by atoms with Crippen LogP contribution in [0.3, 0.4) is 0 Å². The van der Waals surface area contributed by atoms with Gasteiger partial charge in [-0.15, -0.1) is 0 Å². The monoisotopic (exact) mass is 315 g/mol. The molecule has 1 aliphatic rings. The zero-order valence-electron chi connectivity index (χ0n) is 13.3. The van der Waals surface area contributed by atoms with Crippen LogP contribution >= 0.6 is 0 Å². The summed E-state index contributed by atoms with van der Waals surface area (Å²) in [6.45, 7) is 10.1. The lowest BCUT2D eigenvalue weighted by molar-refractivity contribution is -0.118. The lowest BCUT2D eigenvalue weighted by atomic mass is 10.0. The van der Waals surface area contributed by atoms with Crippen molar-refractivity contribution in [1.29, 1.82) is 0 Å². The number of nitrogens with zero attached hydrogens (tertiary/aromatic N) is 1. The Hall–Kier alpha value is -1.18. The van der Waals surface area contributed by atoms with Crippen LogP contribution in [-0.4, -0.2) is 61.1 Å². The second-order valence-electron chi connectivity index (χ2n) is 6.82. The van der Waals surface area contributed by atoms with Crippen molar-refractivity contribution in [3.05, 3.63) is 11.6 Å². The highest BCUT2D eigenvalue weighted by Crippen LogP contribution is 2.36. The molecule has 0 bridgehead atoms. The number of aliphatic hydroxyl groups is 1. The van der Waals surface area contributed by atoms with Gasteiger partial charge in [0.05, 0.1) is 25.8 Å². The minimum absolute atomic E-state index is 0.0229. The molecule has 1 amide bonds. The number of carbonyl (C=O) groups excluding carboxylic acids is 1. The largest absolute Gasteiger partial charge is 0.465 e. The van der Waals surface area contributed by atoms with E-state index in [4.69, 9.17) is 4.43 Å². The molecule has 1 heterocycles. The molecule has 0 spiro atoms. The standard InChI is InChI=1S/C14H25NO5Si/c1-14(2,3)21(4,5)20-9-11-6-10(8-16)12(17)7-15(11)13(18)19/h6,11,16H,7-9H2,1-5H3,(H,18,19). The molecule has 21 heavy (non-hydrogen) atoms. The van der Waals surface area contributed by atoms with E-state index in [2.05, 4.69) is 33.9 Å². The highest BCUT2D eigenvalue weighted by molar-refractivity contribution is 6.74. The molecular formula is C14H25NO5Si. The summed E-state index contributed by atoms with van der Waals surface area (Å²) in [6.07, 6.45) is 0.355. The molecule has 0 fully saturated rings. The van der Waals surface area contributed by atoms with E-state index >= 15 is 0 Å². The van der Waals surface area contributed by atoms with Gasteiger partial charge >= 0.3 is 6.09 Å². The van der Waals surface area contributed by atoms with E-state index in [1.165, 1.54) is 6.08 Å². The number of amides is 1. The molecule has 0 saturated carbocycles. The van der Waals surface area contributed by atoms with Crippen molar-refractivity contribution in [2.75, 3.05) is 19.8 Å². The Morgan fingerprint density at radius 1 is 1.48 bits per heavy atom. The summed E-state index contributed by atoms with van der Waals surface area (Å²) in [4.78, 5) is 24.0. The molecule has 1 rings (SSSR count). The molecular weight excluding hydrogens is 290 g/mol. The SMILES string of the molecule is CC(C)(C)[Si](C)(C)OCC1C=C(CO)C(=O)CN1C(=O)O. The first-order chi connectivity index (χ1) is 9.49. The van der Waals surface area contributed by atoms with Crippen molar-refractivity contribution >= 4 is 20.2 Å². The fourth-order valence-corrected chi connectivity index (χ4v) is 2.81. The first-order valence-electron chi connectivity index (χ1n) is 6.98. The minimum atomic E-state index is -2.00. The maximum absolute atomic E-state index is 11.7. The van der Waals surface area contributed by atoms with Gasteiger partial charge in [0.2, 0.25) is 0 Å². The third-order valence-electron chi connectivity index (χ3n) is 4.30. The van der Waals surface area contributed by atoms with Crippen molar-refractivity contribution in [1.82, 2.24) is 4.90 Å². The highest BCUT2D eigenvalue weighted by Gasteiger charge is 2.39. The van der Waals surface area contributed by atoms with E-state index in [0.717, 1.165) is 4.90 Å². The molecule has 0 aromatic heterocycles. The van der Waals surface area contributed by atoms with Gasteiger partial charge in [0.1, 0.15) is 0 Å². The number of Topliss-reactive ketones (excluding diaryl/α,β-unsaturated/α-hetero) is 1. The summed E-state index contributed by atoms with van der Waals surface area (Å²) in [5, 5.41) is 18.4. The maximum atomic E-state index is 11.7. The molecule has 0 aromatic rings. The average Bonchev–Trinajstić information content (AvgIpc) is 2.35. The fraction of sp³-hybridized carbons (Fsp3) is 0.714. The van der Waals surface area contributed by atoms with Crippen LogP contribution in [0.25, 0.3) is 0 Å². The van der Waals surface area contributed by atoms with Crippen LogP contribution in [0.1, 0.15) is 20.8 Å². The van der Waals surface area contributed by atoms with Crippen molar-refractivity contribution in [2.45, 2.75) is 44.9 Å². The van der Waals surface area contributed by atoms with E-state index in [1.54, 1.807) is 0 Å². The predicted molar refractivity (Wildman–Crippen MR) is 81.8 cm³/mol. The number of hydrogen-bond acceptors (Lipinski definition) is 4. The van der Waals surface area contributed by atoms with Crippen molar-refractivity contribution in [3.63, 3.8) is 0 Å². The summed E-state index contributed by atoms with van der Waals surface area (Å²) in [7, 11) is -2.00. The summed E-state index contributed by atoms with van der Waals surface area (Å²) in [6, 6.07) is -0.531. The normalized spacial score (nSPS) is 20.5. The second kappa shape index (κ2) is 6.29. The summed E-state index contributed by atoms with van der Waals surface area (Å²) < 4.78 is 6.04. The maximum Gasteiger partial charge on any atom is 0.408 e. The molecule has 0 saturated heterocycles. The van der Waals surface area contributed by atoms with E-state index in [9.17, 15) is 19.8 Å². The summed E-state index contributed by atoms with van der Waals surface area (Å²) in [5.41, 5.74) is 0.260. The molecule has 0 radical (unpaired) electrons. The van der Waals surface area contributed by atoms with Gasteiger partial charge in [0.15, 0.2) is 14.1 Å². The minimum Gasteiger partial charge on any atom is -0.465 e. The topological polar surface area (TPSA) is 87.1 Å². The second-order valence-corrected chi connectivity index (χ2v) is 11.6. The Bertz CT molecular complexity index is 453. The van der Waals surface area contributed by atoms with E-state index in [-0.39, 0.29) is 36.2 Å². The molecule has 1 aliphatic heterocycles. The fourth-order valence-electron chi connectivity index (χ4n) is 1.79. The molecule has 7 heteroatoms. The van der Waals surface area contributed by atoms with E-state index in [0.29, 0.717) is 0 Å². The smallest absolute Gasteiger partial charge is 0.408 e. The number of aliphatic hydroxyl groups excluding tert-OH is 1. The third kappa shape index (κ3) is 4.15. The molecule has 120 valence electrons. The van der Waals surface area contributed by atoms with Crippen molar-refractivity contribution < 1.29 is 24.2 Å². The Kier molecular flexibility index (Phi) is 5.35. The summed E-state index contributed by atoms with van der Waals surface area (Å²) in [5.74, 6) is -0.358. The van der Waals surface area contributed by atoms with Crippen LogP contribution in [0.5, 0.6) is 0 Å². The summed E-state index contributed by atoms with van der Waals surface area (Å²) >= 11 is 0. The van der Waals surface area contributed by atoms with Crippen LogP contribution < -0.4 is 0 Å². The zero-order valence-corrected chi connectivity index (χ0v) is 14.3. The number of rotatable bonds is 4. The molecule has 0 aromatic carbocycles. The molecule has 1 atom stereocenters. The Morgan fingerprint density at radius 2 is 2.05 bits per heavy atom. The lowest BCUT2D eigenvalue weighted by Crippen LogP contribution is -2.51. The van der Waals surface area contributed by atoms with E-state index < -0.39 is 20.5 Å². The molecule has 0 aliphatic carbocycles. The van der Waals surface area contributed by atoms with Gasteiger partial charge in [-0.25, -0.2) is 4.79 Å². The number of carboxylic acid groups (broad SMARTS) is 1. The van der Waals surface area contributed by atoms with Gasteiger partial charge in [0.25, 0.3) is 0 Å². The van der Waals surface area contributed by atoms with Crippen LogP contribution in [-0.2, 0) is 9.22 Å². The van der Waals surface area contributed by atoms with Gasteiger partial charge in [-0.2, -0.15) is 0 Å². The number of carbonyl (C=O) groups is 2. The van der Waals surface area contributed by atoms with Gasteiger partial charge in [-0.3, -0.25) is 9.69 Å². The number of ketones is 1. The van der Waals surface area contributed by atoms with Crippen LogP contribution in [0.2, 0.25) is 18.1 Å². The van der Waals surface area contributed by atoms with Crippen LogP contribution in [0, 0.1) is 0 Å². The van der Waals surface area contributed by atoms with Gasteiger partial charge in [-0.1, -0.05) is 26.8 Å². The first-order valence-corrected chi connectivity index (χ1v) is 9.88. The van der Waals surface area contributed by atoms with Gasteiger partial charge < -0.3 is 14.6 Å². The van der Waals surface area contributed by atoms with Crippen molar-refractivity contribution in [3.8, 4) is 0 Å². The first kappa shape index (κ1) is 17.9. The van der Waals surface area contributed by atoms with Gasteiger partial charge in [-0.05, 0) is 18.1 Å².